The van der Waals surface area contributed by atoms with Gasteiger partial charge in [-0.15, -0.1) is 0 Å². The van der Waals surface area contributed by atoms with Crippen LogP contribution in [0.25, 0.3) is 0 Å². The summed E-state index contributed by atoms with van der Waals surface area (Å²) in [5.41, 5.74) is 2.31. The van der Waals surface area contributed by atoms with Crippen molar-refractivity contribution in [3.8, 4) is 6.07 Å². The van der Waals surface area contributed by atoms with Crippen molar-refractivity contribution in [2.75, 3.05) is 21.5 Å². The molecular formula is C23H22N4O3S. The number of sulfonamides is 1. The van der Waals surface area contributed by atoms with Crippen molar-refractivity contribution in [1.82, 2.24) is 0 Å². The van der Waals surface area contributed by atoms with E-state index in [9.17, 15) is 13.2 Å². The number of aryl methyl sites for hydroxylation is 1. The second-order valence-corrected chi connectivity index (χ2v) is 8.58. The highest BCUT2D eigenvalue weighted by Crippen LogP contribution is 2.27. The SMILES string of the molecule is CCN(c1ccccc1)S(=O)(=O)c1ccc(C)c(NC(=O)Nc2ccccc2C#N)c1. The standard InChI is InChI=1S/C23H22N4O3S/c1-3-27(19-10-5-4-6-11-19)31(29,30)20-14-13-17(2)22(15-20)26-23(28)25-21-12-8-7-9-18(21)16-24/h4-15H,3H2,1-2H3,(H2,25,26,28). The molecule has 0 unspecified atom stereocenters. The van der Waals surface area contributed by atoms with Gasteiger partial charge in [-0.3, -0.25) is 4.31 Å². The Morgan fingerprint density at radius 2 is 1.61 bits per heavy atom. The second-order valence-electron chi connectivity index (χ2n) is 6.72. The Bertz CT molecular complexity index is 1240. The van der Waals surface area contributed by atoms with E-state index in [0.29, 0.717) is 28.2 Å². The predicted octanol–water partition coefficient (Wildman–Crippen LogP) is 4.73. The number of para-hydroxylation sites is 2. The number of urea groups is 1. The largest absolute Gasteiger partial charge is 0.323 e. The molecule has 0 aliphatic carbocycles. The molecule has 2 amide bonds. The minimum absolute atomic E-state index is 0.0662. The molecule has 0 aromatic heterocycles. The number of nitrogens with one attached hydrogen (secondary N) is 2. The van der Waals surface area contributed by atoms with E-state index in [4.69, 9.17) is 5.26 Å². The topological polar surface area (TPSA) is 102 Å². The monoisotopic (exact) mass is 434 g/mol. The van der Waals surface area contributed by atoms with Crippen LogP contribution in [0, 0.1) is 18.3 Å². The van der Waals surface area contributed by atoms with Gasteiger partial charge in [-0.25, -0.2) is 13.2 Å². The van der Waals surface area contributed by atoms with E-state index in [0.717, 1.165) is 0 Å². The van der Waals surface area contributed by atoms with Crippen LogP contribution in [0.15, 0.2) is 77.7 Å². The molecule has 3 rings (SSSR count). The summed E-state index contributed by atoms with van der Waals surface area (Å²) in [5, 5.41) is 14.5. The molecule has 3 aromatic carbocycles. The number of anilines is 3. The van der Waals surface area contributed by atoms with Gasteiger partial charge in [-0.05, 0) is 55.8 Å². The Kier molecular flexibility index (Phi) is 6.58. The Morgan fingerprint density at radius 1 is 0.968 bits per heavy atom. The lowest BCUT2D eigenvalue weighted by molar-refractivity contribution is 0.262. The molecule has 0 aliphatic heterocycles. The van der Waals surface area contributed by atoms with Crippen molar-refractivity contribution in [1.29, 1.82) is 5.26 Å². The van der Waals surface area contributed by atoms with Gasteiger partial charge in [0.05, 0.1) is 21.8 Å². The third-order valence-corrected chi connectivity index (χ3v) is 6.57. The number of hydrogen-bond acceptors (Lipinski definition) is 4. The fourth-order valence-electron chi connectivity index (χ4n) is 3.07. The molecule has 0 aliphatic rings. The highest BCUT2D eigenvalue weighted by Gasteiger charge is 2.24. The summed E-state index contributed by atoms with van der Waals surface area (Å²) >= 11 is 0. The van der Waals surface area contributed by atoms with Crippen molar-refractivity contribution in [3.63, 3.8) is 0 Å². The fourth-order valence-corrected chi connectivity index (χ4v) is 4.57. The first kappa shape index (κ1) is 21.9. The molecule has 0 saturated carbocycles. The molecule has 0 fully saturated rings. The van der Waals surface area contributed by atoms with Crippen LogP contribution in [-0.2, 0) is 10.0 Å². The van der Waals surface area contributed by atoms with Gasteiger partial charge in [0, 0.05) is 12.2 Å². The summed E-state index contributed by atoms with van der Waals surface area (Å²) in [6.07, 6.45) is 0. The van der Waals surface area contributed by atoms with Crippen molar-refractivity contribution in [3.05, 3.63) is 83.9 Å². The summed E-state index contributed by atoms with van der Waals surface area (Å²) in [6, 6.07) is 21.5. The van der Waals surface area contributed by atoms with E-state index < -0.39 is 16.1 Å². The van der Waals surface area contributed by atoms with Crippen LogP contribution < -0.4 is 14.9 Å². The molecular weight excluding hydrogens is 412 g/mol. The normalized spacial score (nSPS) is 10.7. The van der Waals surface area contributed by atoms with Gasteiger partial charge < -0.3 is 10.6 Å². The maximum Gasteiger partial charge on any atom is 0.323 e. The summed E-state index contributed by atoms with van der Waals surface area (Å²) in [7, 11) is -3.83. The molecule has 0 saturated heterocycles. The number of benzene rings is 3. The number of hydrogen-bond donors (Lipinski definition) is 2. The number of nitriles is 1. The van der Waals surface area contributed by atoms with Gasteiger partial charge >= 0.3 is 6.03 Å². The summed E-state index contributed by atoms with van der Waals surface area (Å²) < 4.78 is 27.8. The molecule has 31 heavy (non-hydrogen) atoms. The molecule has 0 heterocycles. The van der Waals surface area contributed by atoms with Gasteiger partial charge in [0.1, 0.15) is 6.07 Å². The van der Waals surface area contributed by atoms with Crippen LogP contribution in [0.5, 0.6) is 0 Å². The first-order valence-electron chi connectivity index (χ1n) is 9.62. The zero-order chi connectivity index (χ0) is 22.4. The predicted molar refractivity (Wildman–Crippen MR) is 122 cm³/mol. The van der Waals surface area contributed by atoms with Crippen LogP contribution in [0.4, 0.5) is 21.9 Å². The molecule has 2 N–H and O–H groups in total. The lowest BCUT2D eigenvalue weighted by Gasteiger charge is -2.23. The van der Waals surface area contributed by atoms with Gasteiger partial charge in [0.25, 0.3) is 10.0 Å². The summed E-state index contributed by atoms with van der Waals surface area (Å²) in [6.45, 7) is 3.79. The van der Waals surface area contributed by atoms with E-state index in [1.807, 2.05) is 12.1 Å². The van der Waals surface area contributed by atoms with E-state index >= 15 is 0 Å². The minimum Gasteiger partial charge on any atom is -0.307 e. The second kappa shape index (κ2) is 9.32. The van der Waals surface area contributed by atoms with Crippen molar-refractivity contribution in [2.45, 2.75) is 18.7 Å². The van der Waals surface area contributed by atoms with Crippen molar-refractivity contribution < 1.29 is 13.2 Å². The summed E-state index contributed by atoms with van der Waals surface area (Å²) in [4.78, 5) is 12.5. The molecule has 0 bridgehead atoms. The lowest BCUT2D eigenvalue weighted by Crippen LogP contribution is -2.31. The van der Waals surface area contributed by atoms with Crippen molar-refractivity contribution in [2.24, 2.45) is 0 Å². The molecule has 0 atom stereocenters. The van der Waals surface area contributed by atoms with Crippen LogP contribution in [-0.4, -0.2) is 21.0 Å². The average Bonchev–Trinajstić information content (AvgIpc) is 2.76. The minimum atomic E-state index is -3.83. The number of rotatable bonds is 6. The molecule has 0 radical (unpaired) electrons. The number of carbonyl (C=O) groups is 1. The first-order chi connectivity index (χ1) is 14.9. The third-order valence-electron chi connectivity index (χ3n) is 4.67. The molecule has 7 nitrogen and oxygen atoms in total. The van der Waals surface area contributed by atoms with E-state index in [1.165, 1.54) is 16.4 Å². The smallest absolute Gasteiger partial charge is 0.307 e. The summed E-state index contributed by atoms with van der Waals surface area (Å²) in [5.74, 6) is 0. The molecule has 0 spiro atoms. The Morgan fingerprint density at radius 3 is 2.29 bits per heavy atom. The molecule has 8 heteroatoms. The average molecular weight is 435 g/mol. The van der Waals surface area contributed by atoms with Crippen LogP contribution in [0.1, 0.15) is 18.1 Å². The Labute approximate surface area is 182 Å². The number of amides is 2. The molecule has 158 valence electrons. The van der Waals surface area contributed by atoms with Crippen LogP contribution >= 0.6 is 0 Å². The molecule has 3 aromatic rings. The zero-order valence-corrected chi connectivity index (χ0v) is 18.0. The van der Waals surface area contributed by atoms with Gasteiger partial charge in [-0.1, -0.05) is 36.4 Å². The number of nitrogens with zero attached hydrogens (tertiary/aromatic N) is 2. The van der Waals surface area contributed by atoms with E-state index in [1.54, 1.807) is 68.4 Å². The van der Waals surface area contributed by atoms with Gasteiger partial charge in [0.15, 0.2) is 0 Å². The maximum absolute atomic E-state index is 13.2. The van der Waals surface area contributed by atoms with Gasteiger partial charge in [-0.2, -0.15) is 5.26 Å². The van der Waals surface area contributed by atoms with Crippen LogP contribution in [0.3, 0.4) is 0 Å². The lowest BCUT2D eigenvalue weighted by atomic mass is 10.2. The zero-order valence-electron chi connectivity index (χ0n) is 17.2. The van der Waals surface area contributed by atoms with Crippen molar-refractivity contribution >= 4 is 33.1 Å². The third kappa shape index (κ3) is 4.85. The maximum atomic E-state index is 13.2. The highest BCUT2D eigenvalue weighted by atomic mass is 32.2. The highest BCUT2D eigenvalue weighted by molar-refractivity contribution is 7.92. The Balaban J connectivity index is 1.87. The van der Waals surface area contributed by atoms with E-state index in [2.05, 4.69) is 10.6 Å². The Hall–Kier alpha value is -3.83. The first-order valence-corrected chi connectivity index (χ1v) is 11.1. The fraction of sp³-hybridized carbons (Fsp3) is 0.130. The van der Waals surface area contributed by atoms with Crippen LogP contribution in [0.2, 0.25) is 0 Å². The van der Waals surface area contributed by atoms with E-state index in [-0.39, 0.29) is 11.4 Å². The quantitative estimate of drug-likeness (QED) is 0.586. The van der Waals surface area contributed by atoms with Gasteiger partial charge in [0.2, 0.25) is 0 Å². The number of carbonyl (C=O) groups excluding carboxylic acids is 1.